The zero-order chi connectivity index (χ0) is 29.1. The quantitative estimate of drug-likeness (QED) is 0.242. The number of anilines is 1. The highest BCUT2D eigenvalue weighted by molar-refractivity contribution is 5.83. The van der Waals surface area contributed by atoms with Gasteiger partial charge in [-0.3, -0.25) is 15.2 Å². The second-order valence-corrected chi connectivity index (χ2v) is 11.0. The van der Waals surface area contributed by atoms with Gasteiger partial charge in [-0.25, -0.2) is 14.4 Å². The molecule has 5 N–H and O–H groups in total. The van der Waals surface area contributed by atoms with Crippen molar-refractivity contribution >= 4 is 17.9 Å². The van der Waals surface area contributed by atoms with E-state index in [9.17, 15) is 29.7 Å². The third kappa shape index (κ3) is 7.63. The Hall–Kier alpha value is -3.32. The van der Waals surface area contributed by atoms with E-state index in [0.717, 1.165) is 0 Å². The summed E-state index contributed by atoms with van der Waals surface area (Å²) in [4.78, 5) is 41.2. The first kappa shape index (κ1) is 30.2. The molecule has 1 unspecified atom stereocenters. The fraction of sp³-hybridized carbons (Fsp3) is 0.556. The largest absolute Gasteiger partial charge is 0.444 e. The maximum absolute atomic E-state index is 12.5. The molecule has 0 aliphatic heterocycles. The van der Waals surface area contributed by atoms with E-state index in [1.807, 2.05) is 20.8 Å². The summed E-state index contributed by atoms with van der Waals surface area (Å²) in [6, 6.07) is 3.64. The van der Waals surface area contributed by atoms with Gasteiger partial charge in [0.25, 0.3) is 0 Å². The number of aliphatic hydroxyl groups is 3. The molecule has 5 atom stereocenters. The number of carbonyl (C=O) groups excluding carboxylic acids is 2. The molecule has 1 fully saturated rings. The molecule has 1 amide bonds. The summed E-state index contributed by atoms with van der Waals surface area (Å²) in [7, 11) is 0. The summed E-state index contributed by atoms with van der Waals surface area (Å²) < 4.78 is 12.1. The lowest BCUT2D eigenvalue weighted by molar-refractivity contribution is -0.136. The minimum Gasteiger partial charge on any atom is -0.444 e. The normalized spacial score (nSPS) is 21.9. The molecular weight excluding hydrogens is 508 g/mol. The van der Waals surface area contributed by atoms with Crippen LogP contribution in [-0.2, 0) is 16.1 Å². The van der Waals surface area contributed by atoms with Gasteiger partial charge in [0.1, 0.15) is 30.3 Å². The van der Waals surface area contributed by atoms with Crippen molar-refractivity contribution in [3.63, 3.8) is 0 Å². The van der Waals surface area contributed by atoms with Crippen molar-refractivity contribution in [1.82, 2.24) is 14.9 Å². The molecule has 1 aliphatic carbocycles. The molecule has 1 heterocycles. The summed E-state index contributed by atoms with van der Waals surface area (Å²) in [6.45, 7) is 10.8. The molecule has 0 radical (unpaired) electrons. The molecule has 3 rings (SSSR count). The number of amides is 1. The molecule has 39 heavy (non-hydrogen) atoms. The van der Waals surface area contributed by atoms with Crippen molar-refractivity contribution in [2.75, 3.05) is 11.9 Å². The molecule has 0 saturated heterocycles. The zero-order valence-electron chi connectivity index (χ0n) is 23.1. The lowest BCUT2D eigenvalue weighted by Gasteiger charge is -2.25. The summed E-state index contributed by atoms with van der Waals surface area (Å²) in [5, 5.41) is 35.1. The number of aryl methyl sites for hydroxylation is 2. The number of rotatable bonds is 8. The lowest BCUT2D eigenvalue weighted by atomic mass is 10.1. The zero-order valence-corrected chi connectivity index (χ0v) is 23.1. The number of aliphatic hydroxyl groups excluding tert-OH is 3. The van der Waals surface area contributed by atoms with E-state index in [1.165, 1.54) is 16.8 Å². The van der Waals surface area contributed by atoms with E-state index < -0.39 is 48.0 Å². The van der Waals surface area contributed by atoms with Crippen LogP contribution in [0.25, 0.3) is 0 Å². The van der Waals surface area contributed by atoms with Crippen LogP contribution in [0, 0.1) is 19.8 Å². The van der Waals surface area contributed by atoms with Crippen LogP contribution in [0.2, 0.25) is 0 Å². The Morgan fingerprint density at radius 3 is 2.36 bits per heavy atom. The summed E-state index contributed by atoms with van der Waals surface area (Å²) in [5.74, 6) is -0.542. The average molecular weight is 547 g/mol. The van der Waals surface area contributed by atoms with Crippen LogP contribution in [0.15, 0.2) is 29.2 Å². The van der Waals surface area contributed by atoms with Crippen LogP contribution in [0.1, 0.15) is 56.8 Å². The Bertz CT molecular complexity index is 1230. The molecule has 12 nitrogen and oxygen atoms in total. The molecule has 1 aromatic carbocycles. The predicted octanol–water partition coefficient (Wildman–Crippen LogP) is 1.57. The van der Waals surface area contributed by atoms with Gasteiger partial charge in [-0.1, -0.05) is 0 Å². The van der Waals surface area contributed by atoms with Crippen LogP contribution < -0.4 is 21.1 Å². The number of nitrogens with zero attached hydrogens (tertiary/aromatic N) is 2. The number of ether oxygens (including phenoxy) is 2. The molecule has 214 valence electrons. The number of benzene rings is 1. The average Bonchev–Trinajstić information content (AvgIpc) is 3.12. The van der Waals surface area contributed by atoms with E-state index in [1.54, 1.807) is 32.9 Å². The Balaban J connectivity index is 1.59. The SMILES string of the molecule is Cc1cc(COC(=O)Nc2ccn([C@@H]3C[C@H](CO)[C@@H](O)[C@@H]3O)c(=O)n2)cc(C)c1OC(=O)C(C)NC(C)(C)C. The summed E-state index contributed by atoms with van der Waals surface area (Å²) in [6.07, 6.45) is -1.64. The maximum Gasteiger partial charge on any atom is 0.413 e. The van der Waals surface area contributed by atoms with E-state index in [4.69, 9.17) is 9.47 Å². The Morgan fingerprint density at radius 2 is 1.82 bits per heavy atom. The Labute approximate surface area is 227 Å². The second kappa shape index (κ2) is 12.2. The number of nitrogens with one attached hydrogen (secondary N) is 2. The highest BCUT2D eigenvalue weighted by atomic mass is 16.5. The predicted molar refractivity (Wildman–Crippen MR) is 142 cm³/mol. The fourth-order valence-corrected chi connectivity index (χ4v) is 4.76. The van der Waals surface area contributed by atoms with Gasteiger partial charge in [0.05, 0.1) is 12.1 Å². The summed E-state index contributed by atoms with van der Waals surface area (Å²) in [5.41, 5.74) is 1.11. The van der Waals surface area contributed by atoms with E-state index in [-0.39, 0.29) is 31.0 Å². The fourth-order valence-electron chi connectivity index (χ4n) is 4.76. The van der Waals surface area contributed by atoms with Crippen LogP contribution >= 0.6 is 0 Å². The van der Waals surface area contributed by atoms with Crippen molar-refractivity contribution in [2.24, 2.45) is 5.92 Å². The van der Waals surface area contributed by atoms with Crippen molar-refractivity contribution in [2.45, 2.75) is 84.4 Å². The van der Waals surface area contributed by atoms with Gasteiger partial charge >= 0.3 is 17.8 Å². The molecule has 2 aromatic rings. The van der Waals surface area contributed by atoms with E-state index >= 15 is 0 Å². The van der Waals surface area contributed by atoms with Crippen molar-refractivity contribution < 1.29 is 34.4 Å². The topological polar surface area (TPSA) is 172 Å². The van der Waals surface area contributed by atoms with Gasteiger partial charge in [0.15, 0.2) is 0 Å². The van der Waals surface area contributed by atoms with Crippen LogP contribution in [-0.4, -0.2) is 67.3 Å². The van der Waals surface area contributed by atoms with Crippen LogP contribution in [0.4, 0.5) is 10.6 Å². The van der Waals surface area contributed by atoms with Gasteiger partial charge in [0, 0.05) is 24.3 Å². The Kier molecular flexibility index (Phi) is 9.49. The molecular formula is C27H38N4O8. The molecule has 0 spiro atoms. The number of carbonyl (C=O) groups is 2. The van der Waals surface area contributed by atoms with Crippen molar-refractivity contribution in [1.29, 1.82) is 0 Å². The summed E-state index contributed by atoms with van der Waals surface area (Å²) >= 11 is 0. The van der Waals surface area contributed by atoms with E-state index in [2.05, 4.69) is 15.6 Å². The van der Waals surface area contributed by atoms with Gasteiger partial charge in [-0.2, -0.15) is 4.98 Å². The van der Waals surface area contributed by atoms with Gasteiger partial charge in [-0.15, -0.1) is 0 Å². The molecule has 1 aliphatic rings. The highest BCUT2D eigenvalue weighted by Gasteiger charge is 2.42. The lowest BCUT2D eigenvalue weighted by Crippen LogP contribution is -2.47. The number of hydrogen-bond donors (Lipinski definition) is 5. The molecule has 1 aromatic heterocycles. The first-order valence-corrected chi connectivity index (χ1v) is 12.8. The van der Waals surface area contributed by atoms with Crippen LogP contribution in [0.5, 0.6) is 5.75 Å². The molecule has 1 saturated carbocycles. The third-order valence-electron chi connectivity index (χ3n) is 6.52. The number of hydrogen-bond acceptors (Lipinski definition) is 10. The maximum atomic E-state index is 12.5. The Morgan fingerprint density at radius 1 is 1.18 bits per heavy atom. The van der Waals surface area contributed by atoms with Crippen molar-refractivity contribution in [3.05, 3.63) is 51.6 Å². The second-order valence-electron chi connectivity index (χ2n) is 11.0. The monoisotopic (exact) mass is 546 g/mol. The third-order valence-corrected chi connectivity index (χ3v) is 6.52. The van der Waals surface area contributed by atoms with Gasteiger partial charge < -0.3 is 24.8 Å². The first-order chi connectivity index (χ1) is 18.2. The highest BCUT2D eigenvalue weighted by Crippen LogP contribution is 2.34. The number of esters is 1. The standard InChI is InChI=1S/C27H38N4O8/c1-14-9-17(10-15(2)23(14)39-24(35)16(3)30-27(4,5)6)13-38-26(37)29-20-7-8-31(25(36)28-20)19-11-18(12-32)21(33)22(19)34/h7-10,16,18-19,21-22,30,32-34H,11-13H2,1-6H3,(H,28,29,36,37)/t16?,18-,19-,21-,22-/m1/s1. The minimum atomic E-state index is -1.23. The smallest absolute Gasteiger partial charge is 0.413 e. The van der Waals surface area contributed by atoms with Crippen molar-refractivity contribution in [3.8, 4) is 5.75 Å². The molecule has 12 heteroatoms. The van der Waals surface area contributed by atoms with E-state index in [0.29, 0.717) is 22.4 Å². The molecule has 0 bridgehead atoms. The van der Waals surface area contributed by atoms with Gasteiger partial charge in [-0.05, 0) is 82.9 Å². The van der Waals surface area contributed by atoms with Gasteiger partial charge in [0.2, 0.25) is 0 Å². The minimum absolute atomic E-state index is 0.0411. The van der Waals surface area contributed by atoms with Crippen LogP contribution in [0.3, 0.4) is 0 Å². The number of aromatic nitrogens is 2. The first-order valence-electron chi connectivity index (χ1n) is 12.8.